The maximum absolute atomic E-state index is 5.62. The van der Waals surface area contributed by atoms with Crippen LogP contribution in [0.15, 0.2) is 16.6 Å². The lowest BCUT2D eigenvalue weighted by Gasteiger charge is -2.15. The lowest BCUT2D eigenvalue weighted by Crippen LogP contribution is -1.96. The van der Waals surface area contributed by atoms with Gasteiger partial charge in [0, 0.05) is 11.6 Å². The van der Waals surface area contributed by atoms with E-state index in [-0.39, 0.29) is 0 Å². The molecule has 0 radical (unpaired) electrons. The molecule has 5 nitrogen and oxygen atoms in total. The summed E-state index contributed by atoms with van der Waals surface area (Å²) in [6.45, 7) is 1.96. The van der Waals surface area contributed by atoms with Crippen molar-refractivity contribution in [2.45, 2.75) is 6.92 Å². The quantitative estimate of drug-likeness (QED) is 0.914. The molecule has 0 bridgehead atoms. The van der Waals surface area contributed by atoms with Gasteiger partial charge >= 0.3 is 0 Å². The number of rotatable bonds is 3. The number of nitrogens with two attached hydrogens (primary N) is 1. The monoisotopic (exact) mass is 311 g/mol. The third-order valence-corrected chi connectivity index (χ3v) is 3.38. The minimum absolute atomic E-state index is 0.441. The van der Waals surface area contributed by atoms with Crippen molar-refractivity contribution in [3.63, 3.8) is 0 Å². The molecule has 3 N–H and O–H groups in total. The lowest BCUT2D eigenvalue weighted by atomic mass is 10.1. The predicted molar refractivity (Wildman–Crippen MR) is 74.0 cm³/mol. The molecule has 1 heterocycles. The highest BCUT2D eigenvalue weighted by Crippen LogP contribution is 2.43. The van der Waals surface area contributed by atoms with Crippen molar-refractivity contribution in [3.8, 4) is 22.8 Å². The van der Waals surface area contributed by atoms with Gasteiger partial charge < -0.3 is 15.2 Å². The maximum atomic E-state index is 5.62. The number of nitrogen functional groups attached to an aromatic ring is 1. The fourth-order valence-corrected chi connectivity index (χ4v) is 2.72. The first-order chi connectivity index (χ1) is 8.58. The molecule has 0 amide bonds. The average molecular weight is 312 g/mol. The summed E-state index contributed by atoms with van der Waals surface area (Å²) in [6, 6.07) is 3.73. The summed E-state index contributed by atoms with van der Waals surface area (Å²) in [6.07, 6.45) is 0. The van der Waals surface area contributed by atoms with Gasteiger partial charge in [0.15, 0.2) is 0 Å². The first kappa shape index (κ1) is 12.8. The van der Waals surface area contributed by atoms with E-state index in [4.69, 9.17) is 15.2 Å². The largest absolute Gasteiger partial charge is 0.495 e. The number of benzene rings is 1. The fourth-order valence-electron chi connectivity index (χ4n) is 1.87. The van der Waals surface area contributed by atoms with Crippen molar-refractivity contribution in [3.05, 3.63) is 22.2 Å². The molecule has 0 fully saturated rings. The van der Waals surface area contributed by atoms with Crippen molar-refractivity contribution in [2.24, 2.45) is 0 Å². The van der Waals surface area contributed by atoms with Crippen LogP contribution >= 0.6 is 15.9 Å². The summed E-state index contributed by atoms with van der Waals surface area (Å²) in [5.41, 5.74) is 8.30. The van der Waals surface area contributed by atoms with Crippen LogP contribution in [0.25, 0.3) is 11.3 Å². The number of ether oxygens (including phenoxy) is 2. The Labute approximate surface area is 113 Å². The van der Waals surface area contributed by atoms with E-state index in [0.717, 1.165) is 27.0 Å². The molecule has 96 valence electrons. The SMILES string of the molecule is COc1c(C)cc(-c2cc(N)n[nH]2)c(OC)c1Br. The van der Waals surface area contributed by atoms with E-state index in [2.05, 4.69) is 26.1 Å². The highest BCUT2D eigenvalue weighted by atomic mass is 79.9. The van der Waals surface area contributed by atoms with Gasteiger partial charge in [-0.05, 0) is 34.5 Å². The highest BCUT2D eigenvalue weighted by molar-refractivity contribution is 9.10. The number of aryl methyl sites for hydroxylation is 1. The van der Waals surface area contributed by atoms with Crippen LogP contribution in [0.5, 0.6) is 11.5 Å². The van der Waals surface area contributed by atoms with Gasteiger partial charge in [0.1, 0.15) is 21.8 Å². The third kappa shape index (κ3) is 2.03. The Balaban J connectivity index is 2.68. The number of halogens is 1. The van der Waals surface area contributed by atoms with Crippen LogP contribution in [0, 0.1) is 6.92 Å². The molecule has 0 spiro atoms. The second kappa shape index (κ2) is 4.89. The van der Waals surface area contributed by atoms with E-state index in [1.807, 2.05) is 13.0 Å². The molecule has 0 atom stereocenters. The predicted octanol–water partition coefficient (Wildman–Crippen LogP) is 2.75. The molecular formula is C12H14BrN3O2. The van der Waals surface area contributed by atoms with Crippen LogP contribution in [-0.4, -0.2) is 24.4 Å². The summed E-state index contributed by atoms with van der Waals surface area (Å²) in [4.78, 5) is 0. The topological polar surface area (TPSA) is 73.2 Å². The molecule has 0 unspecified atom stereocenters. The molecule has 0 aliphatic rings. The normalized spacial score (nSPS) is 10.4. The molecular weight excluding hydrogens is 298 g/mol. The number of H-pyrrole nitrogens is 1. The van der Waals surface area contributed by atoms with Crippen LogP contribution in [0.3, 0.4) is 0 Å². The van der Waals surface area contributed by atoms with Crippen LogP contribution in [0.4, 0.5) is 5.82 Å². The Morgan fingerprint density at radius 3 is 2.39 bits per heavy atom. The van der Waals surface area contributed by atoms with Gasteiger partial charge in [-0.25, -0.2) is 0 Å². The Hall–Kier alpha value is -1.69. The first-order valence-corrected chi connectivity index (χ1v) is 6.10. The van der Waals surface area contributed by atoms with E-state index in [1.54, 1.807) is 20.3 Å². The summed E-state index contributed by atoms with van der Waals surface area (Å²) in [7, 11) is 3.23. The summed E-state index contributed by atoms with van der Waals surface area (Å²) >= 11 is 3.49. The molecule has 2 rings (SSSR count). The summed E-state index contributed by atoms with van der Waals surface area (Å²) in [5.74, 6) is 1.88. The number of nitrogens with zero attached hydrogens (tertiary/aromatic N) is 1. The van der Waals surface area contributed by atoms with Gasteiger partial charge in [-0.1, -0.05) is 0 Å². The number of aromatic amines is 1. The number of aromatic nitrogens is 2. The molecule has 18 heavy (non-hydrogen) atoms. The standard InChI is InChI=1S/C12H14BrN3O2/c1-6-4-7(8-5-9(14)16-15-8)12(18-3)10(13)11(6)17-2/h4-5H,1-3H3,(H3,14,15,16). The Kier molecular flexibility index (Phi) is 3.47. The van der Waals surface area contributed by atoms with Gasteiger partial charge in [-0.15, -0.1) is 0 Å². The lowest BCUT2D eigenvalue weighted by molar-refractivity contribution is 0.388. The van der Waals surface area contributed by atoms with Gasteiger partial charge in [0.25, 0.3) is 0 Å². The van der Waals surface area contributed by atoms with E-state index in [1.165, 1.54) is 0 Å². The Morgan fingerprint density at radius 1 is 1.22 bits per heavy atom. The van der Waals surface area contributed by atoms with Gasteiger partial charge in [-0.2, -0.15) is 5.10 Å². The van der Waals surface area contributed by atoms with Crippen LogP contribution in [-0.2, 0) is 0 Å². The smallest absolute Gasteiger partial charge is 0.146 e. The Bertz CT molecular complexity index is 581. The molecule has 0 saturated heterocycles. The molecule has 0 saturated carbocycles. The zero-order chi connectivity index (χ0) is 13.3. The number of hydrogen-bond acceptors (Lipinski definition) is 4. The Morgan fingerprint density at radius 2 is 1.89 bits per heavy atom. The van der Waals surface area contributed by atoms with Crippen molar-refractivity contribution in [1.82, 2.24) is 10.2 Å². The number of hydrogen-bond donors (Lipinski definition) is 2. The summed E-state index contributed by atoms with van der Waals surface area (Å²) in [5, 5.41) is 6.79. The minimum Gasteiger partial charge on any atom is -0.495 e. The molecule has 6 heteroatoms. The average Bonchev–Trinajstić information content (AvgIpc) is 2.75. The zero-order valence-corrected chi connectivity index (χ0v) is 12.0. The van der Waals surface area contributed by atoms with E-state index < -0.39 is 0 Å². The second-order valence-electron chi connectivity index (χ2n) is 3.83. The molecule has 2 aromatic rings. The fraction of sp³-hybridized carbons (Fsp3) is 0.250. The van der Waals surface area contributed by atoms with E-state index in [9.17, 15) is 0 Å². The van der Waals surface area contributed by atoms with Gasteiger partial charge in [-0.3, -0.25) is 5.10 Å². The maximum Gasteiger partial charge on any atom is 0.146 e. The number of nitrogens with one attached hydrogen (secondary N) is 1. The minimum atomic E-state index is 0.441. The van der Waals surface area contributed by atoms with Crippen molar-refractivity contribution < 1.29 is 9.47 Å². The zero-order valence-electron chi connectivity index (χ0n) is 10.4. The highest BCUT2D eigenvalue weighted by Gasteiger charge is 2.18. The number of methoxy groups -OCH3 is 2. The van der Waals surface area contributed by atoms with Crippen molar-refractivity contribution in [1.29, 1.82) is 0 Å². The van der Waals surface area contributed by atoms with E-state index in [0.29, 0.717) is 11.6 Å². The van der Waals surface area contributed by atoms with Crippen LogP contribution in [0.2, 0.25) is 0 Å². The number of anilines is 1. The molecule has 1 aromatic carbocycles. The second-order valence-corrected chi connectivity index (χ2v) is 4.62. The van der Waals surface area contributed by atoms with E-state index >= 15 is 0 Å². The molecule has 0 aliphatic heterocycles. The first-order valence-electron chi connectivity index (χ1n) is 5.30. The van der Waals surface area contributed by atoms with Gasteiger partial charge in [0.2, 0.25) is 0 Å². The van der Waals surface area contributed by atoms with Crippen LogP contribution in [0.1, 0.15) is 5.56 Å². The third-order valence-electron chi connectivity index (χ3n) is 2.66. The van der Waals surface area contributed by atoms with Crippen LogP contribution < -0.4 is 15.2 Å². The van der Waals surface area contributed by atoms with Crippen molar-refractivity contribution in [2.75, 3.05) is 20.0 Å². The molecule has 0 aliphatic carbocycles. The molecule has 1 aromatic heterocycles. The van der Waals surface area contributed by atoms with Crippen molar-refractivity contribution >= 4 is 21.7 Å². The summed E-state index contributed by atoms with van der Waals surface area (Å²) < 4.78 is 11.5. The van der Waals surface area contributed by atoms with Gasteiger partial charge in [0.05, 0.1) is 19.9 Å².